The number of carbonyl (C=O) groups is 2. The minimum absolute atomic E-state index is 0.0709. The number of nitriles is 1. The molecule has 7 rings (SSSR count). The zero-order valence-corrected chi connectivity index (χ0v) is 21.8. The maximum atomic E-state index is 13.7. The highest BCUT2D eigenvalue weighted by Crippen LogP contribution is 2.64. The SMILES string of the molecule is CN(C)[C@@H](Cc1ccc(O)cc1)C(=O)OC12CC3C[C@H](C1)CC([C@H](N)C(=O)N1C4CC4C[C@H]1C#N)(C3)C2. The van der Waals surface area contributed by atoms with Gasteiger partial charge in [-0.3, -0.25) is 14.5 Å². The molecule has 3 N–H and O–H groups in total. The second kappa shape index (κ2) is 8.71. The number of ether oxygens (including phenoxy) is 1. The smallest absolute Gasteiger partial charge is 0.324 e. The summed E-state index contributed by atoms with van der Waals surface area (Å²) in [5.74, 6) is 1.16. The third-order valence-electron chi connectivity index (χ3n) is 10.1. The molecule has 198 valence electrons. The van der Waals surface area contributed by atoms with Crippen LogP contribution < -0.4 is 5.73 Å². The summed E-state index contributed by atoms with van der Waals surface area (Å²) in [5.41, 5.74) is 6.84. The van der Waals surface area contributed by atoms with Crippen LogP contribution in [0.3, 0.4) is 0 Å². The molecule has 9 atom stereocenters. The van der Waals surface area contributed by atoms with Gasteiger partial charge in [0.15, 0.2) is 0 Å². The number of piperidine rings is 1. The van der Waals surface area contributed by atoms with E-state index in [1.165, 1.54) is 0 Å². The summed E-state index contributed by atoms with van der Waals surface area (Å²) in [6, 6.07) is 7.98. The summed E-state index contributed by atoms with van der Waals surface area (Å²) in [6.45, 7) is 0. The number of phenolic OH excluding ortho intramolecular Hbond substituents is 1. The number of hydrogen-bond acceptors (Lipinski definition) is 7. The predicted molar refractivity (Wildman–Crippen MR) is 136 cm³/mol. The van der Waals surface area contributed by atoms with Crippen LogP contribution in [-0.4, -0.2) is 70.6 Å². The first-order valence-corrected chi connectivity index (χ1v) is 13.8. The number of benzene rings is 1. The van der Waals surface area contributed by atoms with Crippen molar-refractivity contribution in [2.75, 3.05) is 14.1 Å². The minimum atomic E-state index is -0.659. The van der Waals surface area contributed by atoms with Crippen molar-refractivity contribution in [3.63, 3.8) is 0 Å². The molecule has 6 fully saturated rings. The van der Waals surface area contributed by atoms with E-state index in [-0.39, 0.29) is 35.1 Å². The summed E-state index contributed by atoms with van der Waals surface area (Å²) >= 11 is 0. The largest absolute Gasteiger partial charge is 0.508 e. The number of phenols is 1. The van der Waals surface area contributed by atoms with Crippen LogP contribution in [0.2, 0.25) is 0 Å². The number of nitrogens with two attached hydrogens (primary N) is 1. The first kappa shape index (κ1) is 24.7. The third-order valence-corrected chi connectivity index (χ3v) is 10.1. The zero-order chi connectivity index (χ0) is 26.1. The molecule has 1 aliphatic heterocycles. The second-order valence-corrected chi connectivity index (χ2v) is 12.9. The maximum Gasteiger partial charge on any atom is 0.324 e. The third kappa shape index (κ3) is 4.21. The van der Waals surface area contributed by atoms with E-state index in [0.29, 0.717) is 30.6 Å². The van der Waals surface area contributed by atoms with Gasteiger partial charge in [-0.2, -0.15) is 5.26 Å². The van der Waals surface area contributed by atoms with Crippen molar-refractivity contribution in [2.45, 2.75) is 87.6 Å². The molecular weight excluding hydrogens is 468 g/mol. The summed E-state index contributed by atoms with van der Waals surface area (Å²) in [6.07, 6.45) is 7.48. The number of amides is 1. The Morgan fingerprint density at radius 1 is 1.16 bits per heavy atom. The first-order valence-electron chi connectivity index (χ1n) is 13.8. The van der Waals surface area contributed by atoms with Gasteiger partial charge in [0.2, 0.25) is 5.91 Å². The van der Waals surface area contributed by atoms with Crippen LogP contribution >= 0.6 is 0 Å². The van der Waals surface area contributed by atoms with E-state index in [1.807, 2.05) is 31.1 Å². The van der Waals surface area contributed by atoms with E-state index in [2.05, 4.69) is 6.07 Å². The number of carbonyl (C=O) groups excluding carboxylic acids is 2. The normalized spacial score (nSPS) is 38.7. The Morgan fingerprint density at radius 3 is 2.46 bits per heavy atom. The maximum absolute atomic E-state index is 13.7. The number of rotatable bonds is 7. The fourth-order valence-electron chi connectivity index (χ4n) is 8.66. The summed E-state index contributed by atoms with van der Waals surface area (Å²) < 4.78 is 6.46. The molecule has 1 amide bonds. The number of hydrogen-bond donors (Lipinski definition) is 2. The molecule has 0 radical (unpaired) electrons. The van der Waals surface area contributed by atoms with Crippen molar-refractivity contribution in [3.05, 3.63) is 29.8 Å². The van der Waals surface area contributed by atoms with Gasteiger partial charge in [-0.1, -0.05) is 12.1 Å². The molecule has 4 bridgehead atoms. The fraction of sp³-hybridized carbons (Fsp3) is 0.690. The van der Waals surface area contributed by atoms with Crippen LogP contribution in [0.5, 0.6) is 5.75 Å². The van der Waals surface area contributed by atoms with E-state index in [1.54, 1.807) is 17.0 Å². The van der Waals surface area contributed by atoms with Gasteiger partial charge in [0.05, 0.1) is 12.1 Å². The standard InChI is InChI=1S/C29H38N4O4/c1-32(2)24(8-17-3-5-22(34)6-4-17)27(36)37-29-13-18-7-19(14-29)12-28(11-18,16-29)25(31)26(35)33-21(15-30)9-20-10-23(20)33/h3-6,18-21,23-25,34H,7-14,16,31H2,1-2H3/t18-,19?,20?,21-,23?,24-,25+,28?,29?/m0/s1. The van der Waals surface area contributed by atoms with Crippen LogP contribution in [0.15, 0.2) is 24.3 Å². The lowest BCUT2D eigenvalue weighted by atomic mass is 9.46. The first-order chi connectivity index (χ1) is 17.6. The van der Waals surface area contributed by atoms with Gasteiger partial charge in [-0.05, 0) is 113 Å². The number of likely N-dealkylation sites (N-methyl/N-ethyl adjacent to an activating group) is 1. The molecule has 5 saturated carbocycles. The molecule has 1 heterocycles. The van der Waals surface area contributed by atoms with Crippen LogP contribution in [0.1, 0.15) is 56.9 Å². The van der Waals surface area contributed by atoms with Crippen LogP contribution in [0.4, 0.5) is 0 Å². The number of fused-ring (bicyclic) bond motifs is 1. The van der Waals surface area contributed by atoms with Crippen molar-refractivity contribution in [2.24, 2.45) is 28.9 Å². The molecule has 1 saturated heterocycles. The highest BCUT2D eigenvalue weighted by atomic mass is 16.6. The van der Waals surface area contributed by atoms with Gasteiger partial charge >= 0.3 is 5.97 Å². The highest BCUT2D eigenvalue weighted by Gasteiger charge is 2.64. The Morgan fingerprint density at radius 2 is 1.84 bits per heavy atom. The average Bonchev–Trinajstić information content (AvgIpc) is 3.50. The molecule has 8 nitrogen and oxygen atoms in total. The number of nitrogens with zero attached hydrogens (tertiary/aromatic N) is 3. The molecule has 8 heteroatoms. The fourth-order valence-corrected chi connectivity index (χ4v) is 8.66. The van der Waals surface area contributed by atoms with Gasteiger partial charge in [0.1, 0.15) is 23.4 Å². The molecule has 0 spiro atoms. The molecule has 5 aliphatic carbocycles. The monoisotopic (exact) mass is 506 g/mol. The average molecular weight is 507 g/mol. The van der Waals surface area contributed by atoms with Crippen molar-refractivity contribution in [1.29, 1.82) is 5.26 Å². The zero-order valence-electron chi connectivity index (χ0n) is 21.8. The van der Waals surface area contributed by atoms with Crippen LogP contribution in [0, 0.1) is 34.5 Å². The highest BCUT2D eigenvalue weighted by molar-refractivity contribution is 5.84. The molecule has 1 aromatic carbocycles. The summed E-state index contributed by atoms with van der Waals surface area (Å²) in [7, 11) is 3.77. The summed E-state index contributed by atoms with van der Waals surface area (Å²) in [5, 5.41) is 19.3. The van der Waals surface area contributed by atoms with Gasteiger partial charge < -0.3 is 20.5 Å². The Labute approximate surface area is 218 Å². The Kier molecular flexibility index (Phi) is 5.81. The van der Waals surface area contributed by atoms with Gasteiger partial charge in [0.25, 0.3) is 0 Å². The Bertz CT molecular complexity index is 1110. The lowest BCUT2D eigenvalue weighted by molar-refractivity contribution is -0.209. The topological polar surface area (TPSA) is 120 Å². The van der Waals surface area contributed by atoms with Crippen molar-refractivity contribution >= 4 is 11.9 Å². The Hall–Kier alpha value is -2.63. The molecule has 1 aromatic rings. The van der Waals surface area contributed by atoms with E-state index in [4.69, 9.17) is 10.5 Å². The lowest BCUT2D eigenvalue weighted by Gasteiger charge is -2.62. The molecule has 6 aliphatic rings. The minimum Gasteiger partial charge on any atom is -0.508 e. The Balaban J connectivity index is 1.21. The number of aromatic hydroxyl groups is 1. The summed E-state index contributed by atoms with van der Waals surface area (Å²) in [4.78, 5) is 31.1. The number of likely N-dealkylation sites (tertiary alicyclic amines) is 1. The van der Waals surface area contributed by atoms with Crippen LogP contribution in [-0.2, 0) is 20.7 Å². The van der Waals surface area contributed by atoms with E-state index < -0.39 is 17.7 Å². The van der Waals surface area contributed by atoms with Crippen molar-refractivity contribution in [1.82, 2.24) is 9.80 Å². The molecule has 0 aromatic heterocycles. The van der Waals surface area contributed by atoms with Crippen LogP contribution in [0.25, 0.3) is 0 Å². The second-order valence-electron chi connectivity index (χ2n) is 12.9. The van der Waals surface area contributed by atoms with Gasteiger partial charge in [0, 0.05) is 6.04 Å². The van der Waals surface area contributed by atoms with E-state index in [0.717, 1.165) is 50.5 Å². The van der Waals surface area contributed by atoms with Crippen molar-refractivity contribution < 1.29 is 19.4 Å². The molecule has 5 unspecified atom stereocenters. The number of esters is 1. The quantitative estimate of drug-likeness (QED) is 0.546. The van der Waals surface area contributed by atoms with E-state index >= 15 is 0 Å². The van der Waals surface area contributed by atoms with Crippen molar-refractivity contribution in [3.8, 4) is 11.8 Å². The molecular formula is C29H38N4O4. The predicted octanol–water partition coefficient (Wildman–Crippen LogP) is 2.59. The molecule has 37 heavy (non-hydrogen) atoms. The van der Waals surface area contributed by atoms with E-state index in [9.17, 15) is 20.0 Å². The van der Waals surface area contributed by atoms with Gasteiger partial charge in [-0.15, -0.1) is 0 Å². The lowest BCUT2D eigenvalue weighted by Crippen LogP contribution is -2.66. The van der Waals surface area contributed by atoms with Gasteiger partial charge in [-0.25, -0.2) is 0 Å².